The highest BCUT2D eigenvalue weighted by Gasteiger charge is 2.11. The Morgan fingerprint density at radius 3 is 2.67 bits per heavy atom. The van der Waals surface area contributed by atoms with E-state index in [-0.39, 0.29) is 17.0 Å². The highest BCUT2D eigenvalue weighted by molar-refractivity contribution is 6.30. The Bertz CT molecular complexity index is 344. The van der Waals surface area contributed by atoms with Gasteiger partial charge >= 0.3 is 0 Å². The van der Waals surface area contributed by atoms with E-state index in [2.05, 4.69) is 0 Å². The number of hydrogen-bond acceptors (Lipinski definition) is 1. The molecule has 0 amide bonds. The van der Waals surface area contributed by atoms with Gasteiger partial charge in [-0.25, -0.2) is 8.78 Å². The third-order valence-electron chi connectivity index (χ3n) is 1.39. The van der Waals surface area contributed by atoms with Crippen LogP contribution >= 0.6 is 11.6 Å². The van der Waals surface area contributed by atoms with Crippen LogP contribution < -0.4 is 0 Å². The Labute approximate surface area is 73.2 Å². The van der Waals surface area contributed by atoms with E-state index in [1.165, 1.54) is 0 Å². The van der Waals surface area contributed by atoms with Crippen molar-refractivity contribution in [1.29, 1.82) is 5.26 Å². The summed E-state index contributed by atoms with van der Waals surface area (Å²) in [6.45, 7) is 0. The molecular formula is C8H4ClF2N. The fourth-order valence-corrected chi connectivity index (χ4v) is 0.987. The van der Waals surface area contributed by atoms with Gasteiger partial charge in [-0.3, -0.25) is 0 Å². The summed E-state index contributed by atoms with van der Waals surface area (Å²) in [4.78, 5) is 0. The summed E-state index contributed by atoms with van der Waals surface area (Å²) in [6, 6.07) is 3.81. The van der Waals surface area contributed by atoms with Crippen molar-refractivity contribution in [2.24, 2.45) is 0 Å². The normalized spacial score (nSPS) is 9.50. The van der Waals surface area contributed by atoms with Gasteiger partial charge in [0, 0.05) is 5.56 Å². The minimum absolute atomic E-state index is 0.165. The van der Waals surface area contributed by atoms with Gasteiger partial charge < -0.3 is 0 Å². The van der Waals surface area contributed by atoms with E-state index in [9.17, 15) is 8.78 Å². The first-order valence-electron chi connectivity index (χ1n) is 3.16. The van der Waals surface area contributed by atoms with Gasteiger partial charge in [0.2, 0.25) is 0 Å². The molecule has 0 N–H and O–H groups in total. The molecule has 1 aromatic rings. The minimum atomic E-state index is -0.849. The third kappa shape index (κ3) is 1.54. The van der Waals surface area contributed by atoms with Crippen LogP contribution in [0.15, 0.2) is 12.1 Å². The van der Waals surface area contributed by atoms with Crippen molar-refractivity contribution < 1.29 is 8.78 Å². The summed E-state index contributed by atoms with van der Waals surface area (Å²) in [5.74, 6) is -1.59. The SMILES string of the molecule is N#CCc1c(F)ccc(Cl)c1F. The summed E-state index contributed by atoms with van der Waals surface area (Å²) >= 11 is 5.37. The first-order chi connectivity index (χ1) is 5.66. The van der Waals surface area contributed by atoms with Crippen molar-refractivity contribution >= 4 is 11.6 Å². The predicted octanol–water partition coefficient (Wildman–Crippen LogP) is 2.68. The molecule has 0 radical (unpaired) electrons. The van der Waals surface area contributed by atoms with Gasteiger partial charge in [0.15, 0.2) is 0 Å². The maximum Gasteiger partial charge on any atom is 0.148 e. The minimum Gasteiger partial charge on any atom is -0.207 e. The Kier molecular flexibility index (Phi) is 2.61. The van der Waals surface area contributed by atoms with Gasteiger partial charge in [0.1, 0.15) is 11.6 Å². The van der Waals surface area contributed by atoms with E-state index in [0.717, 1.165) is 12.1 Å². The van der Waals surface area contributed by atoms with Gasteiger partial charge in [-0.1, -0.05) is 11.6 Å². The lowest BCUT2D eigenvalue weighted by Gasteiger charge is -2.00. The maximum atomic E-state index is 12.9. The zero-order chi connectivity index (χ0) is 9.14. The molecule has 4 heteroatoms. The lowest BCUT2D eigenvalue weighted by Crippen LogP contribution is -1.94. The van der Waals surface area contributed by atoms with Crippen molar-refractivity contribution in [1.82, 2.24) is 0 Å². The maximum absolute atomic E-state index is 12.9. The Morgan fingerprint density at radius 1 is 1.42 bits per heavy atom. The zero-order valence-electron chi connectivity index (χ0n) is 5.94. The molecule has 0 heterocycles. The van der Waals surface area contributed by atoms with Crippen LogP contribution in [-0.2, 0) is 6.42 Å². The second-order valence-corrected chi connectivity index (χ2v) is 2.56. The van der Waals surface area contributed by atoms with Crippen molar-refractivity contribution in [3.8, 4) is 6.07 Å². The molecule has 1 rings (SSSR count). The van der Waals surface area contributed by atoms with E-state index in [0.29, 0.717) is 0 Å². The molecule has 1 nitrogen and oxygen atoms in total. The quantitative estimate of drug-likeness (QED) is 0.620. The summed E-state index contributed by atoms with van der Waals surface area (Å²) in [5.41, 5.74) is -0.273. The summed E-state index contributed by atoms with van der Waals surface area (Å²) < 4.78 is 25.7. The molecule has 1 aromatic carbocycles. The first-order valence-corrected chi connectivity index (χ1v) is 3.54. The van der Waals surface area contributed by atoms with E-state index in [1.807, 2.05) is 0 Å². The molecule has 0 aromatic heterocycles. The monoisotopic (exact) mass is 187 g/mol. The number of benzene rings is 1. The topological polar surface area (TPSA) is 23.8 Å². The summed E-state index contributed by atoms with van der Waals surface area (Å²) in [5, 5.41) is 8.07. The number of rotatable bonds is 1. The average molecular weight is 188 g/mol. The third-order valence-corrected chi connectivity index (χ3v) is 1.69. The van der Waals surface area contributed by atoms with E-state index >= 15 is 0 Å². The summed E-state index contributed by atoms with van der Waals surface area (Å²) in [6.07, 6.45) is -0.307. The van der Waals surface area contributed by atoms with Crippen molar-refractivity contribution in [3.63, 3.8) is 0 Å². The van der Waals surface area contributed by atoms with Gasteiger partial charge in [-0.05, 0) is 12.1 Å². The Balaban J connectivity index is 3.25. The number of halogens is 3. The molecule has 62 valence electrons. The van der Waals surface area contributed by atoms with Crippen molar-refractivity contribution in [2.45, 2.75) is 6.42 Å². The molecule has 0 aliphatic heterocycles. The van der Waals surface area contributed by atoms with Crippen molar-refractivity contribution in [2.75, 3.05) is 0 Å². The van der Waals surface area contributed by atoms with Gasteiger partial charge in [0.05, 0.1) is 17.5 Å². The van der Waals surface area contributed by atoms with Crippen LogP contribution in [0.25, 0.3) is 0 Å². The lowest BCUT2D eigenvalue weighted by atomic mass is 10.1. The van der Waals surface area contributed by atoms with E-state index in [1.54, 1.807) is 6.07 Å². The van der Waals surface area contributed by atoms with Crippen LogP contribution in [0.1, 0.15) is 5.56 Å². The predicted molar refractivity (Wildman–Crippen MR) is 40.7 cm³/mol. The van der Waals surface area contributed by atoms with Gasteiger partial charge in [0.25, 0.3) is 0 Å². The molecular weight excluding hydrogens is 184 g/mol. The zero-order valence-corrected chi connectivity index (χ0v) is 6.70. The second-order valence-electron chi connectivity index (χ2n) is 2.16. The fourth-order valence-electron chi connectivity index (χ4n) is 0.810. The number of hydrogen-bond donors (Lipinski definition) is 0. The Hall–Kier alpha value is -1.14. The number of nitriles is 1. The molecule has 0 saturated heterocycles. The van der Waals surface area contributed by atoms with E-state index in [4.69, 9.17) is 16.9 Å². The highest BCUT2D eigenvalue weighted by Crippen LogP contribution is 2.20. The van der Waals surface area contributed by atoms with Crippen LogP contribution in [0.3, 0.4) is 0 Å². The molecule has 0 fully saturated rings. The molecule has 0 atom stereocenters. The highest BCUT2D eigenvalue weighted by atomic mass is 35.5. The largest absolute Gasteiger partial charge is 0.207 e. The molecule has 0 unspecified atom stereocenters. The van der Waals surface area contributed by atoms with Crippen LogP contribution in [-0.4, -0.2) is 0 Å². The van der Waals surface area contributed by atoms with Crippen LogP contribution in [0, 0.1) is 23.0 Å². The van der Waals surface area contributed by atoms with Crippen LogP contribution in [0.2, 0.25) is 5.02 Å². The molecule has 0 spiro atoms. The first kappa shape index (κ1) is 8.95. The average Bonchev–Trinajstić information content (AvgIpc) is 2.06. The fraction of sp³-hybridized carbons (Fsp3) is 0.125. The standard InChI is InChI=1S/C8H4ClF2N/c9-6-1-2-7(10)5(3-4-12)8(6)11/h1-2H,3H2. The van der Waals surface area contributed by atoms with Crippen molar-refractivity contribution in [3.05, 3.63) is 34.4 Å². The van der Waals surface area contributed by atoms with Gasteiger partial charge in [-0.2, -0.15) is 5.26 Å². The molecule has 0 aliphatic rings. The Morgan fingerprint density at radius 2 is 2.08 bits per heavy atom. The van der Waals surface area contributed by atoms with E-state index < -0.39 is 11.6 Å². The summed E-state index contributed by atoms with van der Waals surface area (Å²) in [7, 11) is 0. The molecule has 0 aliphatic carbocycles. The molecule has 0 saturated carbocycles. The van der Waals surface area contributed by atoms with Crippen LogP contribution in [0.5, 0.6) is 0 Å². The molecule has 0 bridgehead atoms. The smallest absolute Gasteiger partial charge is 0.148 e. The second kappa shape index (κ2) is 3.51. The number of nitrogens with zero attached hydrogens (tertiary/aromatic N) is 1. The van der Waals surface area contributed by atoms with Gasteiger partial charge in [-0.15, -0.1) is 0 Å². The van der Waals surface area contributed by atoms with Crippen LogP contribution in [0.4, 0.5) is 8.78 Å². The lowest BCUT2D eigenvalue weighted by molar-refractivity contribution is 0.563. The molecule has 12 heavy (non-hydrogen) atoms.